The molecule has 0 aliphatic carbocycles. The Morgan fingerprint density at radius 1 is 1.00 bits per heavy atom. The van der Waals surface area contributed by atoms with Crippen molar-refractivity contribution in [3.05, 3.63) is 48.0 Å². The second kappa shape index (κ2) is 10.3. The first-order valence-corrected chi connectivity index (χ1v) is 10.9. The molecule has 0 fully saturated rings. The zero-order valence-corrected chi connectivity index (χ0v) is 18.1. The summed E-state index contributed by atoms with van der Waals surface area (Å²) >= 11 is 0. The van der Waals surface area contributed by atoms with Crippen molar-refractivity contribution in [3.63, 3.8) is 0 Å². The maximum Gasteiger partial charge on any atom is 0.255 e. The number of ether oxygens (including phenoxy) is 2. The first kappa shape index (κ1) is 22.7. The highest BCUT2D eigenvalue weighted by atomic mass is 32.2. The number of sulfonamides is 1. The fraction of sp³-hybridized carbons (Fsp3) is 0.381. The van der Waals surface area contributed by atoms with Crippen molar-refractivity contribution in [2.45, 2.75) is 31.6 Å². The van der Waals surface area contributed by atoms with Gasteiger partial charge in [0.2, 0.25) is 10.0 Å². The summed E-state index contributed by atoms with van der Waals surface area (Å²) in [7, 11) is -0.629. The summed E-state index contributed by atoms with van der Waals surface area (Å²) in [6.07, 6.45) is 1.44. The average Bonchev–Trinajstić information content (AvgIpc) is 2.73. The van der Waals surface area contributed by atoms with Crippen LogP contribution in [-0.4, -0.2) is 45.9 Å². The minimum absolute atomic E-state index is 0.105. The van der Waals surface area contributed by atoms with Gasteiger partial charge in [-0.1, -0.05) is 19.9 Å². The Morgan fingerprint density at radius 2 is 1.69 bits per heavy atom. The van der Waals surface area contributed by atoms with E-state index in [1.807, 2.05) is 13.8 Å². The summed E-state index contributed by atoms with van der Waals surface area (Å²) in [6, 6.07) is 11.1. The van der Waals surface area contributed by atoms with E-state index in [2.05, 4.69) is 5.32 Å². The number of amides is 1. The molecule has 0 radical (unpaired) electrons. The third kappa shape index (κ3) is 5.48. The molecule has 29 heavy (non-hydrogen) atoms. The lowest BCUT2D eigenvalue weighted by molar-refractivity contribution is 0.102. The summed E-state index contributed by atoms with van der Waals surface area (Å²) in [5, 5.41) is 2.76. The van der Waals surface area contributed by atoms with Crippen molar-refractivity contribution in [2.24, 2.45) is 0 Å². The van der Waals surface area contributed by atoms with E-state index in [-0.39, 0.29) is 10.5 Å². The molecule has 158 valence electrons. The Hall–Kier alpha value is -2.58. The SMILES string of the molecule is CCCN(CCC)S(=O)(=O)c1cccc(C(=O)Nc2ccc(OC)cc2OC)c1. The molecule has 0 saturated carbocycles. The van der Waals surface area contributed by atoms with Gasteiger partial charge in [-0.3, -0.25) is 4.79 Å². The van der Waals surface area contributed by atoms with Gasteiger partial charge in [-0.25, -0.2) is 8.42 Å². The highest BCUT2D eigenvalue weighted by Crippen LogP contribution is 2.29. The minimum atomic E-state index is -3.66. The van der Waals surface area contributed by atoms with Crippen LogP contribution in [0.25, 0.3) is 0 Å². The van der Waals surface area contributed by atoms with Crippen molar-refractivity contribution >= 4 is 21.6 Å². The molecule has 0 saturated heterocycles. The third-order valence-electron chi connectivity index (χ3n) is 4.34. The lowest BCUT2D eigenvalue weighted by atomic mass is 10.2. The first-order chi connectivity index (χ1) is 13.9. The molecule has 7 nitrogen and oxygen atoms in total. The largest absolute Gasteiger partial charge is 0.497 e. The van der Waals surface area contributed by atoms with Crippen molar-refractivity contribution in [1.29, 1.82) is 0 Å². The molecule has 8 heteroatoms. The number of carbonyl (C=O) groups excluding carboxylic acids is 1. The molecule has 1 N–H and O–H groups in total. The molecule has 0 unspecified atom stereocenters. The molecule has 0 bridgehead atoms. The second-order valence-corrected chi connectivity index (χ2v) is 8.39. The Bertz CT molecular complexity index is 938. The van der Waals surface area contributed by atoms with E-state index in [0.717, 1.165) is 12.8 Å². The standard InChI is InChI=1S/C21H28N2O5S/c1-5-12-23(13-6-2)29(25,26)18-9-7-8-16(14-18)21(24)22-19-11-10-17(27-3)15-20(19)28-4/h7-11,14-15H,5-6,12-13H2,1-4H3,(H,22,24). The topological polar surface area (TPSA) is 84.9 Å². The Balaban J connectivity index is 2.30. The lowest BCUT2D eigenvalue weighted by Crippen LogP contribution is -2.32. The quantitative estimate of drug-likeness (QED) is 0.632. The normalized spacial score (nSPS) is 11.3. The summed E-state index contributed by atoms with van der Waals surface area (Å²) in [6.45, 7) is 4.75. The lowest BCUT2D eigenvalue weighted by Gasteiger charge is -2.21. The second-order valence-electron chi connectivity index (χ2n) is 6.45. The van der Waals surface area contributed by atoms with Crippen molar-refractivity contribution in [3.8, 4) is 11.5 Å². The molecule has 0 aromatic heterocycles. The number of anilines is 1. The maximum atomic E-state index is 13.0. The van der Waals surface area contributed by atoms with Crippen LogP contribution < -0.4 is 14.8 Å². The molecule has 0 atom stereocenters. The van der Waals surface area contributed by atoms with Gasteiger partial charge in [-0.05, 0) is 43.2 Å². The smallest absolute Gasteiger partial charge is 0.255 e. The fourth-order valence-corrected chi connectivity index (χ4v) is 4.56. The van der Waals surface area contributed by atoms with Gasteiger partial charge in [0.25, 0.3) is 5.91 Å². The molecule has 0 heterocycles. The number of benzene rings is 2. The highest BCUT2D eigenvalue weighted by molar-refractivity contribution is 7.89. The van der Waals surface area contributed by atoms with Crippen LogP contribution >= 0.6 is 0 Å². The average molecular weight is 421 g/mol. The first-order valence-electron chi connectivity index (χ1n) is 9.50. The van der Waals surface area contributed by atoms with Crippen LogP contribution in [0.4, 0.5) is 5.69 Å². The van der Waals surface area contributed by atoms with Gasteiger partial charge >= 0.3 is 0 Å². The van der Waals surface area contributed by atoms with Gasteiger partial charge < -0.3 is 14.8 Å². The third-order valence-corrected chi connectivity index (χ3v) is 6.23. The van der Waals surface area contributed by atoms with E-state index in [1.54, 1.807) is 37.4 Å². The molecule has 1 amide bonds. The number of methoxy groups -OCH3 is 2. The van der Waals surface area contributed by atoms with Gasteiger partial charge in [0.15, 0.2) is 0 Å². The fourth-order valence-electron chi connectivity index (χ4n) is 2.89. The number of rotatable bonds is 10. The van der Waals surface area contributed by atoms with Gasteiger partial charge in [0, 0.05) is 24.7 Å². The number of nitrogens with zero attached hydrogens (tertiary/aromatic N) is 1. The monoisotopic (exact) mass is 420 g/mol. The van der Waals surface area contributed by atoms with E-state index in [4.69, 9.17) is 9.47 Å². The van der Waals surface area contributed by atoms with Gasteiger partial charge in [-0.2, -0.15) is 4.31 Å². The minimum Gasteiger partial charge on any atom is -0.497 e. The molecule has 2 aromatic rings. The van der Waals surface area contributed by atoms with Gasteiger partial charge in [0.05, 0.1) is 24.8 Å². The van der Waals surface area contributed by atoms with Gasteiger partial charge in [0.1, 0.15) is 11.5 Å². The van der Waals surface area contributed by atoms with Crippen LogP contribution in [0.2, 0.25) is 0 Å². The highest BCUT2D eigenvalue weighted by Gasteiger charge is 2.24. The summed E-state index contributed by atoms with van der Waals surface area (Å²) in [5.41, 5.74) is 0.710. The summed E-state index contributed by atoms with van der Waals surface area (Å²) in [4.78, 5) is 12.8. The van der Waals surface area contributed by atoms with Crippen molar-refractivity contribution < 1.29 is 22.7 Å². The summed E-state index contributed by atoms with van der Waals surface area (Å²) in [5.74, 6) is 0.612. The Kier molecular flexibility index (Phi) is 8.04. The molecular formula is C21H28N2O5S. The van der Waals surface area contributed by atoms with Crippen molar-refractivity contribution in [2.75, 3.05) is 32.6 Å². The van der Waals surface area contributed by atoms with Crippen LogP contribution in [0.1, 0.15) is 37.0 Å². The molecule has 2 rings (SSSR count). The number of hydrogen-bond donors (Lipinski definition) is 1. The molecule has 2 aromatic carbocycles. The molecular weight excluding hydrogens is 392 g/mol. The van der Waals surface area contributed by atoms with Gasteiger partial charge in [-0.15, -0.1) is 0 Å². The zero-order valence-electron chi connectivity index (χ0n) is 17.3. The zero-order chi connectivity index (χ0) is 21.4. The van der Waals surface area contributed by atoms with E-state index < -0.39 is 15.9 Å². The van der Waals surface area contributed by atoms with Crippen LogP contribution in [0.3, 0.4) is 0 Å². The Labute approximate surface area is 172 Å². The maximum absolute atomic E-state index is 13.0. The van der Waals surface area contributed by atoms with Crippen LogP contribution in [-0.2, 0) is 10.0 Å². The van der Waals surface area contributed by atoms with Crippen LogP contribution in [0.15, 0.2) is 47.4 Å². The number of hydrogen-bond acceptors (Lipinski definition) is 5. The van der Waals surface area contributed by atoms with E-state index >= 15 is 0 Å². The van der Waals surface area contributed by atoms with E-state index in [9.17, 15) is 13.2 Å². The van der Waals surface area contributed by atoms with Crippen LogP contribution in [0, 0.1) is 0 Å². The van der Waals surface area contributed by atoms with E-state index in [1.165, 1.54) is 23.5 Å². The Morgan fingerprint density at radius 3 is 2.28 bits per heavy atom. The number of nitrogens with one attached hydrogen (secondary N) is 1. The van der Waals surface area contributed by atoms with Crippen LogP contribution in [0.5, 0.6) is 11.5 Å². The molecule has 0 spiro atoms. The van der Waals surface area contributed by atoms with Crippen molar-refractivity contribution in [1.82, 2.24) is 4.31 Å². The summed E-state index contributed by atoms with van der Waals surface area (Å²) < 4.78 is 37.9. The molecule has 0 aliphatic rings. The molecule has 0 aliphatic heterocycles. The predicted molar refractivity (Wildman–Crippen MR) is 113 cm³/mol. The number of carbonyl (C=O) groups is 1. The predicted octanol–water partition coefficient (Wildman–Crippen LogP) is 3.77. The van der Waals surface area contributed by atoms with E-state index in [0.29, 0.717) is 30.3 Å².